The molecule has 0 heterocycles. The zero-order valence-electron chi connectivity index (χ0n) is 27.2. The Labute approximate surface area is 256 Å². The third-order valence-corrected chi connectivity index (χ3v) is 14.2. The van der Waals surface area contributed by atoms with Crippen LogP contribution < -0.4 is 20.4 Å². The van der Waals surface area contributed by atoms with Crippen LogP contribution in [0.5, 0.6) is 0 Å². The first-order chi connectivity index (χ1) is 16.1. The van der Waals surface area contributed by atoms with E-state index in [0.29, 0.717) is 20.6 Å². The molecule has 0 saturated carbocycles. The molecule has 6 heteroatoms. The van der Waals surface area contributed by atoms with E-state index in [1.165, 1.54) is 11.4 Å². The maximum Gasteiger partial charge on any atom is 0.0927 e. The molecule has 0 bridgehead atoms. The number of hydrogen-bond donors (Lipinski definition) is 0. The second kappa shape index (κ2) is 15.1. The molecule has 0 fully saturated rings. The fraction of sp³-hybridized carbons (Fsp3) is 0.625. The van der Waals surface area contributed by atoms with Gasteiger partial charge in [-0.25, -0.2) is 0 Å². The maximum atomic E-state index is 2.38. The molecule has 0 N–H and O–H groups in total. The van der Waals surface area contributed by atoms with Crippen LogP contribution in [-0.4, -0.2) is 48.8 Å². The molecule has 38 heavy (non-hydrogen) atoms. The molecule has 0 radical (unpaired) electrons. The molecule has 222 valence electrons. The van der Waals surface area contributed by atoms with Crippen molar-refractivity contribution in [2.75, 3.05) is 38.0 Å². The number of anilines is 2. The van der Waals surface area contributed by atoms with E-state index in [-0.39, 0.29) is 28.9 Å². The van der Waals surface area contributed by atoms with Gasteiger partial charge in [0.15, 0.2) is 0 Å². The van der Waals surface area contributed by atoms with Crippen LogP contribution in [0, 0.1) is 0 Å². The fourth-order valence-electron chi connectivity index (χ4n) is 5.83. The zero-order valence-corrected chi connectivity index (χ0v) is 31.0. The Morgan fingerprint density at radius 3 is 0.737 bits per heavy atom. The van der Waals surface area contributed by atoms with Crippen LogP contribution in [0.25, 0.3) is 0 Å². The summed E-state index contributed by atoms with van der Waals surface area (Å²) in [6.07, 6.45) is 0. The Bertz CT molecular complexity index is 823. The van der Waals surface area contributed by atoms with E-state index in [9.17, 15) is 0 Å². The first kappa shape index (κ1) is 39.8. The Morgan fingerprint density at radius 1 is 0.421 bits per heavy atom. The van der Waals surface area contributed by atoms with Crippen molar-refractivity contribution in [1.82, 2.24) is 0 Å². The average Bonchev–Trinajstić information content (AvgIpc) is 2.65. The van der Waals surface area contributed by atoms with Gasteiger partial charge < -0.3 is 9.80 Å². The Morgan fingerprint density at radius 2 is 0.605 bits per heavy atom. The smallest absolute Gasteiger partial charge is 0.0927 e. The molecule has 0 atom stereocenters. The first-order valence-electron chi connectivity index (χ1n) is 13.4. The molecule has 2 aromatic rings. The van der Waals surface area contributed by atoms with Crippen molar-refractivity contribution in [3.63, 3.8) is 0 Å². The van der Waals surface area contributed by atoms with Gasteiger partial charge in [0.05, 0.1) is 31.2 Å². The fourth-order valence-corrected chi connectivity index (χ4v) is 14.8. The Hall–Kier alpha value is -0.316. The van der Waals surface area contributed by atoms with Gasteiger partial charge in [-0.1, -0.05) is 0 Å². The number of benzene rings is 2. The third-order valence-electron chi connectivity index (χ3n) is 6.34. The monoisotopic (exact) mass is 626 g/mol. The average molecular weight is 628 g/mol. The van der Waals surface area contributed by atoms with Crippen molar-refractivity contribution < 1.29 is 16.5 Å². The maximum absolute atomic E-state index is 2.38. The molecular weight excluding hydrogens is 568 g/mol. The van der Waals surface area contributed by atoms with Crippen molar-refractivity contribution in [3.05, 3.63) is 48.5 Å². The molecule has 0 amide bonds. The molecule has 0 spiro atoms. The van der Waals surface area contributed by atoms with Gasteiger partial charge in [0.1, 0.15) is 0 Å². The number of hydrogen-bond acceptors (Lipinski definition) is 2. The van der Waals surface area contributed by atoms with Crippen molar-refractivity contribution in [3.8, 4) is 0 Å². The second-order valence-electron chi connectivity index (χ2n) is 14.6. The minimum Gasteiger partial charge on any atom is -0.378 e. The van der Waals surface area contributed by atoms with Crippen LogP contribution in [-0.2, 0) is 16.5 Å². The quantitative estimate of drug-likeness (QED) is 0.247. The van der Waals surface area contributed by atoms with Gasteiger partial charge in [0, 0.05) is 71.9 Å². The summed E-state index contributed by atoms with van der Waals surface area (Å²) in [5.41, 5.74) is 2.56. The topological polar surface area (TPSA) is 6.48 Å². The van der Waals surface area contributed by atoms with Gasteiger partial charge in [-0.2, -0.15) is 0 Å². The van der Waals surface area contributed by atoms with Gasteiger partial charge in [0.25, 0.3) is 0 Å². The van der Waals surface area contributed by atoms with Crippen molar-refractivity contribution in [1.29, 1.82) is 0 Å². The molecule has 0 aliphatic rings. The third kappa shape index (κ3) is 12.1. The minimum absolute atomic E-state index is 0. The summed E-state index contributed by atoms with van der Waals surface area (Å²) >= 11 is 0. The Balaban J connectivity index is 0. The number of halogens is 1. The van der Waals surface area contributed by atoms with E-state index in [2.05, 4.69) is 170 Å². The van der Waals surface area contributed by atoms with E-state index in [1.54, 1.807) is 10.6 Å². The van der Waals surface area contributed by atoms with Gasteiger partial charge >= 0.3 is 0 Å². The van der Waals surface area contributed by atoms with Crippen LogP contribution in [0.4, 0.5) is 11.4 Å². The molecular formula is C32H59ClN2NiP2+2. The van der Waals surface area contributed by atoms with Gasteiger partial charge in [-0.05, 0) is 132 Å². The number of nitrogens with zero attached hydrogens (tertiary/aromatic N) is 2. The van der Waals surface area contributed by atoms with E-state index in [0.717, 1.165) is 0 Å². The summed E-state index contributed by atoms with van der Waals surface area (Å²) in [6.45, 7) is 28.6. The van der Waals surface area contributed by atoms with Crippen molar-refractivity contribution in [2.45, 2.75) is 104 Å². The molecule has 0 saturated heterocycles. The summed E-state index contributed by atoms with van der Waals surface area (Å²) < 4.78 is 0. The molecule has 0 aliphatic carbocycles. The summed E-state index contributed by atoms with van der Waals surface area (Å²) in [7, 11) is 7.14. The van der Waals surface area contributed by atoms with E-state index in [4.69, 9.17) is 0 Å². The molecule has 2 aromatic carbocycles. The van der Waals surface area contributed by atoms with Crippen LogP contribution in [0.1, 0.15) is 83.1 Å². The number of rotatable bonds is 4. The first-order valence-corrected chi connectivity index (χ1v) is 16.4. The van der Waals surface area contributed by atoms with Gasteiger partial charge in [-0.3, -0.25) is 0 Å². The SMILES string of the molecule is CN(C)c1ccc([PH+](C(C)(C)C)C(C)(C)C)cc1.CN(C)c1ccc([PH+](C(C)(C)C)C(C)(C)C)cc1.Cl.[Ni]. The van der Waals surface area contributed by atoms with Crippen LogP contribution in [0.2, 0.25) is 0 Å². The van der Waals surface area contributed by atoms with Crippen LogP contribution >= 0.6 is 28.3 Å². The van der Waals surface area contributed by atoms with Gasteiger partial charge in [0.2, 0.25) is 0 Å². The molecule has 2 nitrogen and oxygen atoms in total. The minimum atomic E-state index is -0.614. The molecule has 0 unspecified atom stereocenters. The van der Waals surface area contributed by atoms with Gasteiger partial charge in [-0.15, -0.1) is 12.4 Å². The zero-order chi connectivity index (χ0) is 28.3. The Kier molecular flexibility index (Phi) is 15.8. The summed E-state index contributed by atoms with van der Waals surface area (Å²) in [5.74, 6) is 0. The summed E-state index contributed by atoms with van der Waals surface area (Å²) in [5, 5.41) is 4.60. The summed E-state index contributed by atoms with van der Waals surface area (Å²) in [4.78, 5) is 4.31. The molecule has 0 aliphatic heterocycles. The molecule has 2 rings (SSSR count). The van der Waals surface area contributed by atoms with Crippen LogP contribution in [0.3, 0.4) is 0 Å². The van der Waals surface area contributed by atoms with Crippen LogP contribution in [0.15, 0.2) is 48.5 Å². The normalized spacial score (nSPS) is 12.3. The predicted octanol–water partition coefficient (Wildman–Crippen LogP) is 8.80. The standard InChI is InChI=1S/2C16H28NP.ClH.Ni/c2*1-15(2,3)18(16(4,5)6)14-11-9-13(10-12-14)17(7)8;;/h2*9-12H,1-8H3;1H;/p+2. The summed E-state index contributed by atoms with van der Waals surface area (Å²) in [6, 6.07) is 18.3. The van der Waals surface area contributed by atoms with Crippen molar-refractivity contribution in [2.24, 2.45) is 0 Å². The second-order valence-corrected chi connectivity index (χ2v) is 23.3. The largest absolute Gasteiger partial charge is 0.378 e. The predicted molar refractivity (Wildman–Crippen MR) is 184 cm³/mol. The van der Waals surface area contributed by atoms with E-state index in [1.807, 2.05) is 0 Å². The van der Waals surface area contributed by atoms with E-state index >= 15 is 0 Å². The van der Waals surface area contributed by atoms with Crippen molar-refractivity contribution >= 4 is 50.2 Å². The molecule has 0 aromatic heterocycles. The van der Waals surface area contributed by atoms with E-state index < -0.39 is 15.8 Å².